The lowest BCUT2D eigenvalue weighted by atomic mass is 10.0. The van der Waals surface area contributed by atoms with Crippen LogP contribution in [0.15, 0.2) is 36.4 Å². The lowest BCUT2D eigenvalue weighted by Gasteiger charge is -2.29. The monoisotopic (exact) mass is 392 g/mol. The molecule has 1 aliphatic rings. The molecule has 3 rings (SSSR count). The molecule has 1 heterocycles. The van der Waals surface area contributed by atoms with E-state index in [1.807, 2.05) is 12.1 Å². The molecule has 5 heteroatoms. The second kappa shape index (κ2) is 10.1. The summed E-state index contributed by atoms with van der Waals surface area (Å²) in [7, 11) is 0. The minimum Gasteiger partial charge on any atom is -0.348 e. The molecule has 0 aromatic heterocycles. The Morgan fingerprint density at radius 1 is 0.821 bits per heavy atom. The molecular formula is C23H27F3O2. The molecule has 0 unspecified atom stereocenters. The number of unbranched alkanes of at least 4 members (excludes halogenated alkanes) is 4. The molecule has 0 N–H and O–H groups in total. The van der Waals surface area contributed by atoms with Gasteiger partial charge in [-0.15, -0.1) is 0 Å². The lowest BCUT2D eigenvalue weighted by Crippen LogP contribution is -2.27. The van der Waals surface area contributed by atoms with Crippen LogP contribution in [0.5, 0.6) is 0 Å². The van der Waals surface area contributed by atoms with Crippen molar-refractivity contribution < 1.29 is 22.6 Å². The first kappa shape index (κ1) is 20.9. The summed E-state index contributed by atoms with van der Waals surface area (Å²) in [5.74, 6) is -3.41. The quantitative estimate of drug-likeness (QED) is 0.364. The summed E-state index contributed by atoms with van der Waals surface area (Å²) < 4.78 is 51.7. The zero-order valence-corrected chi connectivity index (χ0v) is 16.2. The Hall–Kier alpha value is -1.85. The molecule has 2 aromatic carbocycles. The zero-order chi connectivity index (χ0) is 19.9. The molecule has 0 amide bonds. The average molecular weight is 392 g/mol. The Bertz CT molecular complexity index is 730. The standard InChI is InChI=1S/C23H27F3O2/c1-2-3-4-5-6-7-16-14-27-23(28-15-16)18-10-8-17(9-11-18)19-12-20(24)22(26)21(25)13-19/h8-13,16,23H,2-7,14-15H2,1H3. The van der Waals surface area contributed by atoms with E-state index in [4.69, 9.17) is 9.47 Å². The number of halogens is 3. The molecule has 2 aromatic rings. The molecule has 1 fully saturated rings. The predicted octanol–water partition coefficient (Wildman–Crippen LogP) is 6.79. The van der Waals surface area contributed by atoms with Crippen molar-refractivity contribution in [2.45, 2.75) is 51.7 Å². The van der Waals surface area contributed by atoms with Crippen LogP contribution in [0.2, 0.25) is 0 Å². The van der Waals surface area contributed by atoms with Gasteiger partial charge in [0, 0.05) is 11.5 Å². The Balaban J connectivity index is 1.52. The normalized spacial score (nSPS) is 19.7. The number of ether oxygens (including phenoxy) is 2. The molecule has 2 nitrogen and oxygen atoms in total. The van der Waals surface area contributed by atoms with Gasteiger partial charge in [0.25, 0.3) is 0 Å². The maximum atomic E-state index is 13.4. The summed E-state index contributed by atoms with van der Waals surface area (Å²) in [4.78, 5) is 0. The van der Waals surface area contributed by atoms with Crippen molar-refractivity contribution >= 4 is 0 Å². The highest BCUT2D eigenvalue weighted by Gasteiger charge is 2.23. The Morgan fingerprint density at radius 3 is 2.04 bits per heavy atom. The van der Waals surface area contributed by atoms with Crippen LogP contribution in [0.1, 0.15) is 57.3 Å². The van der Waals surface area contributed by atoms with E-state index in [1.165, 1.54) is 32.1 Å². The second-order valence-corrected chi connectivity index (χ2v) is 7.44. The number of rotatable bonds is 8. The van der Waals surface area contributed by atoms with Crippen molar-refractivity contribution in [2.75, 3.05) is 13.2 Å². The van der Waals surface area contributed by atoms with Gasteiger partial charge in [-0.25, -0.2) is 13.2 Å². The fourth-order valence-corrected chi connectivity index (χ4v) is 3.49. The van der Waals surface area contributed by atoms with Crippen LogP contribution in [0, 0.1) is 23.4 Å². The topological polar surface area (TPSA) is 18.5 Å². The highest BCUT2D eigenvalue weighted by molar-refractivity contribution is 5.64. The third-order valence-electron chi connectivity index (χ3n) is 5.18. The third kappa shape index (κ3) is 5.36. The van der Waals surface area contributed by atoms with E-state index in [-0.39, 0.29) is 5.56 Å². The molecule has 28 heavy (non-hydrogen) atoms. The van der Waals surface area contributed by atoms with Gasteiger partial charge in [0.1, 0.15) is 0 Å². The summed E-state index contributed by atoms with van der Waals surface area (Å²) in [5, 5.41) is 0. The first-order valence-electron chi connectivity index (χ1n) is 10.1. The lowest BCUT2D eigenvalue weighted by molar-refractivity contribution is -0.206. The molecule has 0 radical (unpaired) electrons. The van der Waals surface area contributed by atoms with E-state index in [0.29, 0.717) is 24.7 Å². The van der Waals surface area contributed by atoms with E-state index in [2.05, 4.69) is 6.92 Å². The van der Waals surface area contributed by atoms with Crippen molar-refractivity contribution in [3.8, 4) is 11.1 Å². The van der Waals surface area contributed by atoms with Crippen molar-refractivity contribution in [3.05, 3.63) is 59.4 Å². The molecule has 1 aliphatic heterocycles. The molecule has 1 saturated heterocycles. The van der Waals surface area contributed by atoms with E-state index in [0.717, 1.165) is 24.1 Å². The Kier molecular flexibility index (Phi) is 7.51. The SMILES string of the molecule is CCCCCCCC1COC(c2ccc(-c3cc(F)c(F)c(F)c3)cc2)OC1. The highest BCUT2D eigenvalue weighted by atomic mass is 19.2. The van der Waals surface area contributed by atoms with Gasteiger partial charge < -0.3 is 9.47 Å². The number of hydrogen-bond donors (Lipinski definition) is 0. The first-order valence-corrected chi connectivity index (χ1v) is 10.1. The van der Waals surface area contributed by atoms with E-state index in [1.54, 1.807) is 12.1 Å². The van der Waals surface area contributed by atoms with Gasteiger partial charge in [0.05, 0.1) is 13.2 Å². The van der Waals surface area contributed by atoms with Crippen LogP contribution in [0.3, 0.4) is 0 Å². The smallest absolute Gasteiger partial charge is 0.194 e. The Labute approximate surface area is 164 Å². The minimum absolute atomic E-state index is 0.288. The molecule has 0 saturated carbocycles. The molecule has 0 bridgehead atoms. The van der Waals surface area contributed by atoms with Gasteiger partial charge in [-0.3, -0.25) is 0 Å². The summed E-state index contributed by atoms with van der Waals surface area (Å²) in [5.41, 5.74) is 1.74. The minimum atomic E-state index is -1.45. The first-order chi connectivity index (χ1) is 13.6. The average Bonchev–Trinajstić information content (AvgIpc) is 2.72. The fourth-order valence-electron chi connectivity index (χ4n) is 3.49. The maximum absolute atomic E-state index is 13.4. The van der Waals surface area contributed by atoms with Gasteiger partial charge in [-0.1, -0.05) is 63.3 Å². The van der Waals surface area contributed by atoms with Crippen molar-refractivity contribution in [1.82, 2.24) is 0 Å². The summed E-state index contributed by atoms with van der Waals surface area (Å²) >= 11 is 0. The van der Waals surface area contributed by atoms with Crippen molar-refractivity contribution in [3.63, 3.8) is 0 Å². The van der Waals surface area contributed by atoms with Gasteiger partial charge in [0.15, 0.2) is 23.7 Å². The van der Waals surface area contributed by atoms with Crippen molar-refractivity contribution in [2.24, 2.45) is 5.92 Å². The molecule has 0 aliphatic carbocycles. The third-order valence-corrected chi connectivity index (χ3v) is 5.18. The maximum Gasteiger partial charge on any atom is 0.194 e. The molecule has 0 spiro atoms. The predicted molar refractivity (Wildman–Crippen MR) is 103 cm³/mol. The van der Waals surface area contributed by atoms with Crippen molar-refractivity contribution in [1.29, 1.82) is 0 Å². The van der Waals surface area contributed by atoms with Crippen LogP contribution >= 0.6 is 0 Å². The van der Waals surface area contributed by atoms with Crippen LogP contribution in [-0.4, -0.2) is 13.2 Å². The largest absolute Gasteiger partial charge is 0.348 e. The van der Waals surface area contributed by atoms with Crippen LogP contribution in [0.25, 0.3) is 11.1 Å². The highest BCUT2D eigenvalue weighted by Crippen LogP contribution is 2.30. The molecule has 0 atom stereocenters. The summed E-state index contributed by atoms with van der Waals surface area (Å²) in [6.07, 6.45) is 7.01. The summed E-state index contributed by atoms with van der Waals surface area (Å²) in [6.45, 7) is 3.56. The van der Waals surface area contributed by atoms with E-state index in [9.17, 15) is 13.2 Å². The van der Waals surface area contributed by atoms with Crippen LogP contribution in [0.4, 0.5) is 13.2 Å². The van der Waals surface area contributed by atoms with Gasteiger partial charge in [0.2, 0.25) is 0 Å². The van der Waals surface area contributed by atoms with Crippen LogP contribution < -0.4 is 0 Å². The fraction of sp³-hybridized carbons (Fsp3) is 0.478. The Morgan fingerprint density at radius 2 is 1.43 bits per heavy atom. The number of benzene rings is 2. The number of hydrogen-bond acceptors (Lipinski definition) is 2. The van der Waals surface area contributed by atoms with Gasteiger partial charge in [-0.05, 0) is 29.7 Å². The van der Waals surface area contributed by atoms with E-state index >= 15 is 0 Å². The van der Waals surface area contributed by atoms with Gasteiger partial charge in [-0.2, -0.15) is 0 Å². The molecule has 152 valence electrons. The summed E-state index contributed by atoms with van der Waals surface area (Å²) in [6, 6.07) is 9.06. The molecular weight excluding hydrogens is 365 g/mol. The second-order valence-electron chi connectivity index (χ2n) is 7.44. The van der Waals surface area contributed by atoms with Gasteiger partial charge >= 0.3 is 0 Å². The van der Waals surface area contributed by atoms with E-state index < -0.39 is 23.7 Å². The van der Waals surface area contributed by atoms with Crippen LogP contribution in [-0.2, 0) is 9.47 Å². The zero-order valence-electron chi connectivity index (χ0n) is 16.2.